The number of halogens is 5. The fourth-order valence-corrected chi connectivity index (χ4v) is 4.30. The van der Waals surface area contributed by atoms with E-state index >= 15 is 0 Å². The lowest BCUT2D eigenvalue weighted by Crippen LogP contribution is -2.42. The molecule has 1 aromatic heterocycles. The molecule has 4 rings (SSSR count). The fourth-order valence-electron chi connectivity index (χ4n) is 3.81. The van der Waals surface area contributed by atoms with Crippen molar-refractivity contribution in [1.29, 1.82) is 5.26 Å². The van der Waals surface area contributed by atoms with E-state index < -0.39 is 18.7 Å². The number of hydrogen-bond donors (Lipinski definition) is 4. The Morgan fingerprint density at radius 1 is 1.18 bits per heavy atom. The average molecular weight is 565 g/mol. The molecule has 38 heavy (non-hydrogen) atoms. The number of hydrazine groups is 2. The van der Waals surface area contributed by atoms with Gasteiger partial charge in [-0.25, -0.2) is 0 Å². The first-order valence-electron chi connectivity index (χ1n) is 12.1. The summed E-state index contributed by atoms with van der Waals surface area (Å²) < 4.78 is 48.5. The molecular formula is C26H26Cl2F3N7. The molecule has 0 aliphatic carbocycles. The third-order valence-corrected chi connectivity index (χ3v) is 6.11. The molecule has 0 radical (unpaired) electrons. The van der Waals surface area contributed by atoms with Gasteiger partial charge in [0.15, 0.2) is 0 Å². The van der Waals surface area contributed by atoms with Crippen LogP contribution in [0, 0.1) is 16.7 Å². The molecule has 12 heteroatoms. The van der Waals surface area contributed by atoms with Crippen molar-refractivity contribution in [2.75, 3.05) is 23.7 Å². The van der Waals surface area contributed by atoms with E-state index in [-0.39, 0.29) is 26.7 Å². The normalized spacial score (nSPS) is 15.8. The molecule has 0 saturated carbocycles. The molecule has 2 aromatic carbocycles. The van der Waals surface area contributed by atoms with Gasteiger partial charge < -0.3 is 16.1 Å². The first kappa shape index (κ1) is 26.2. The number of pyridine rings is 1. The van der Waals surface area contributed by atoms with Crippen LogP contribution in [0.4, 0.5) is 24.5 Å². The number of anilines is 2. The summed E-state index contributed by atoms with van der Waals surface area (Å²) in [6, 6.07) is 10.1. The molecule has 0 saturated heterocycles. The molecule has 4 N–H and O–H groups in total. The molecule has 0 amide bonds. The zero-order valence-electron chi connectivity index (χ0n) is 21.8. The Labute approximate surface area is 230 Å². The Hall–Kier alpha value is -3.39. The third kappa shape index (κ3) is 6.54. The number of nitrogens with one attached hydrogen (secondary N) is 4. The molecule has 1 aliphatic heterocycles. The fraction of sp³-hybridized carbons (Fsp3) is 0.308. The van der Waals surface area contributed by atoms with Crippen LogP contribution in [0.25, 0.3) is 10.9 Å². The van der Waals surface area contributed by atoms with Crippen molar-refractivity contribution in [3.05, 3.63) is 75.7 Å². The van der Waals surface area contributed by atoms with Crippen molar-refractivity contribution in [3.8, 4) is 6.07 Å². The van der Waals surface area contributed by atoms with Crippen LogP contribution in [-0.4, -0.2) is 29.3 Å². The predicted molar refractivity (Wildman–Crippen MR) is 144 cm³/mol. The molecule has 3 aromatic rings. The number of fused-ring (bicyclic) bond motifs is 1. The number of alkyl halides is 3. The summed E-state index contributed by atoms with van der Waals surface area (Å²) in [5, 5.41) is 18.0. The van der Waals surface area contributed by atoms with Gasteiger partial charge in [-0.15, -0.1) is 5.53 Å². The van der Waals surface area contributed by atoms with E-state index in [0.717, 1.165) is 11.2 Å². The first-order valence-corrected chi connectivity index (χ1v) is 12.3. The van der Waals surface area contributed by atoms with Gasteiger partial charge in [-0.3, -0.25) is 9.99 Å². The standard InChI is InChI=1S/C26H26Cl2F3N7/c1-25(2,3)13-34-22-15(10-32)11-33-23-18(22)8-16(9-20(23)28)35-24(17-6-4-5-7-19(17)27)21-12-38(37-36-21)14-26(29,30)31/h4-9,11-12,24,35-37H,13-14H2,1-3H3,(H,33,34)/t24-/m1/s1/i24D. The summed E-state index contributed by atoms with van der Waals surface area (Å²) in [6.07, 6.45) is -1.87. The van der Waals surface area contributed by atoms with Crippen molar-refractivity contribution in [2.24, 2.45) is 5.41 Å². The Morgan fingerprint density at radius 2 is 1.92 bits per heavy atom. The van der Waals surface area contributed by atoms with E-state index in [2.05, 4.69) is 32.6 Å². The van der Waals surface area contributed by atoms with E-state index in [0.29, 0.717) is 34.4 Å². The predicted octanol–water partition coefficient (Wildman–Crippen LogP) is 6.75. The van der Waals surface area contributed by atoms with Crippen LogP contribution >= 0.6 is 23.2 Å². The van der Waals surface area contributed by atoms with Gasteiger partial charge in [0.2, 0.25) is 0 Å². The third-order valence-electron chi connectivity index (χ3n) is 5.49. The Balaban J connectivity index is 1.83. The second-order valence-corrected chi connectivity index (χ2v) is 10.7. The van der Waals surface area contributed by atoms with Gasteiger partial charge in [-0.05, 0) is 29.2 Å². The van der Waals surface area contributed by atoms with Gasteiger partial charge in [-0.2, -0.15) is 18.4 Å². The molecular weight excluding hydrogens is 538 g/mol. The minimum absolute atomic E-state index is 0.0612. The highest BCUT2D eigenvalue weighted by molar-refractivity contribution is 6.36. The van der Waals surface area contributed by atoms with Crippen molar-refractivity contribution in [3.63, 3.8) is 0 Å². The van der Waals surface area contributed by atoms with Gasteiger partial charge >= 0.3 is 6.18 Å². The second-order valence-electron chi connectivity index (χ2n) is 9.93. The summed E-state index contributed by atoms with van der Waals surface area (Å²) in [4.78, 5) is 4.35. The van der Waals surface area contributed by atoms with Crippen LogP contribution in [0.3, 0.4) is 0 Å². The number of aromatic nitrogens is 1. The molecule has 2 heterocycles. The molecule has 7 nitrogen and oxygen atoms in total. The lowest BCUT2D eigenvalue weighted by Gasteiger charge is -2.24. The molecule has 0 unspecified atom stereocenters. The Bertz CT molecular complexity index is 1470. The van der Waals surface area contributed by atoms with Crippen LogP contribution in [0.15, 0.2) is 54.5 Å². The zero-order valence-corrected chi connectivity index (χ0v) is 22.3. The van der Waals surface area contributed by atoms with Gasteiger partial charge in [0, 0.05) is 35.0 Å². The number of benzene rings is 2. The Morgan fingerprint density at radius 3 is 2.58 bits per heavy atom. The monoisotopic (exact) mass is 564 g/mol. The van der Waals surface area contributed by atoms with E-state index in [9.17, 15) is 19.8 Å². The average Bonchev–Trinajstić information content (AvgIpc) is 3.29. The molecule has 1 atom stereocenters. The number of nitrogens with zero attached hydrogens (tertiary/aromatic N) is 3. The molecule has 0 fully saturated rings. The van der Waals surface area contributed by atoms with Crippen LogP contribution in [-0.2, 0) is 0 Å². The van der Waals surface area contributed by atoms with Crippen molar-refractivity contribution < 1.29 is 14.5 Å². The second kappa shape index (κ2) is 10.8. The van der Waals surface area contributed by atoms with Crippen LogP contribution in [0.5, 0.6) is 0 Å². The van der Waals surface area contributed by atoms with Crippen LogP contribution in [0.2, 0.25) is 10.0 Å². The summed E-state index contributed by atoms with van der Waals surface area (Å²) in [7, 11) is 0. The maximum Gasteiger partial charge on any atom is 0.407 e. The number of rotatable bonds is 7. The molecule has 200 valence electrons. The van der Waals surface area contributed by atoms with Gasteiger partial charge in [-0.1, -0.05) is 62.2 Å². The highest BCUT2D eigenvalue weighted by Gasteiger charge is 2.33. The smallest absolute Gasteiger partial charge is 0.383 e. The Kier molecular flexibility index (Phi) is 7.43. The van der Waals surface area contributed by atoms with Crippen LogP contribution in [0.1, 0.15) is 39.3 Å². The quantitative estimate of drug-likeness (QED) is 0.252. The van der Waals surface area contributed by atoms with Crippen molar-refractivity contribution in [1.82, 2.24) is 21.0 Å². The molecule has 0 bridgehead atoms. The number of hydrogen-bond acceptors (Lipinski definition) is 7. The maximum absolute atomic E-state index is 13.0. The summed E-state index contributed by atoms with van der Waals surface area (Å²) in [6.45, 7) is 5.41. The molecule has 1 aliphatic rings. The highest BCUT2D eigenvalue weighted by Crippen LogP contribution is 2.37. The van der Waals surface area contributed by atoms with E-state index in [4.69, 9.17) is 23.2 Å². The lowest BCUT2D eigenvalue weighted by atomic mass is 9.96. The topological polar surface area (TPSA) is 88.0 Å². The van der Waals surface area contributed by atoms with Gasteiger partial charge in [0.25, 0.3) is 0 Å². The highest BCUT2D eigenvalue weighted by atomic mass is 35.5. The lowest BCUT2D eigenvalue weighted by molar-refractivity contribution is -0.145. The SMILES string of the molecule is [2H][C@](Nc1cc(Cl)c2ncc(C#N)c(NCC(C)(C)C)c2c1)(C1=CN(CC(F)(F)F)NN1)c1ccccc1Cl. The van der Waals surface area contributed by atoms with Gasteiger partial charge in [0.1, 0.15) is 12.6 Å². The molecule has 0 spiro atoms. The van der Waals surface area contributed by atoms with Crippen LogP contribution < -0.4 is 21.6 Å². The van der Waals surface area contributed by atoms with E-state index in [1.807, 2.05) is 20.8 Å². The van der Waals surface area contributed by atoms with E-state index in [1.165, 1.54) is 6.20 Å². The van der Waals surface area contributed by atoms with Crippen molar-refractivity contribution in [2.45, 2.75) is 33.0 Å². The summed E-state index contributed by atoms with van der Waals surface area (Å²) >= 11 is 13.1. The largest absolute Gasteiger partial charge is 0.407 e. The van der Waals surface area contributed by atoms with Gasteiger partial charge in [0.05, 0.1) is 34.9 Å². The zero-order chi connectivity index (χ0) is 28.6. The minimum Gasteiger partial charge on any atom is -0.383 e. The summed E-state index contributed by atoms with van der Waals surface area (Å²) in [5.74, 6) is 0. The first-order chi connectivity index (χ1) is 18.2. The van der Waals surface area contributed by atoms with Crippen molar-refractivity contribution >= 4 is 45.5 Å². The maximum atomic E-state index is 13.0. The summed E-state index contributed by atoms with van der Waals surface area (Å²) in [5.41, 5.74) is 6.99. The minimum atomic E-state index is -4.48. The number of nitriles is 1. The van der Waals surface area contributed by atoms with E-state index in [1.54, 1.807) is 36.4 Å².